The fraction of sp³-hybridized carbons (Fsp3) is 0.318. The van der Waals surface area contributed by atoms with Gasteiger partial charge in [0.25, 0.3) is 16.6 Å². The van der Waals surface area contributed by atoms with E-state index in [1.54, 1.807) is 0 Å². The number of ether oxygens (including phenoxy) is 1. The summed E-state index contributed by atoms with van der Waals surface area (Å²) in [7, 11) is -6.16. The topological polar surface area (TPSA) is 68.2 Å². The number of thioether (sulfide) groups is 1. The van der Waals surface area contributed by atoms with E-state index < -0.39 is 46.5 Å². The normalized spacial score (nSPS) is 21.5. The van der Waals surface area contributed by atoms with E-state index in [-0.39, 0.29) is 16.7 Å². The van der Waals surface area contributed by atoms with E-state index in [9.17, 15) is 10.2 Å². The maximum atomic E-state index is 12.5. The van der Waals surface area contributed by atoms with Crippen molar-refractivity contribution in [2.75, 3.05) is 6.61 Å². The Morgan fingerprint density at radius 2 is 0.904 bits per heavy atom. The molecule has 52 heavy (non-hydrogen) atoms. The zero-order valence-electron chi connectivity index (χ0n) is 31.1. The summed E-state index contributed by atoms with van der Waals surface area (Å²) >= 11 is 1.45. The van der Waals surface area contributed by atoms with E-state index in [0.29, 0.717) is 0 Å². The molecule has 5 nitrogen and oxygen atoms in total. The lowest BCUT2D eigenvalue weighted by molar-refractivity contribution is -0.199. The average molecular weight is 749 g/mol. The van der Waals surface area contributed by atoms with Crippen LogP contribution in [0.15, 0.2) is 157 Å². The number of hydrogen-bond donors (Lipinski definition) is 2. The van der Waals surface area contributed by atoms with Crippen molar-refractivity contribution in [3.8, 4) is 0 Å². The van der Waals surface area contributed by atoms with Crippen molar-refractivity contribution >= 4 is 49.1 Å². The molecule has 0 spiro atoms. The van der Waals surface area contributed by atoms with E-state index in [1.807, 2.05) is 78.9 Å². The van der Waals surface area contributed by atoms with Gasteiger partial charge in [-0.05, 0) is 43.0 Å². The smallest absolute Gasteiger partial charge is 0.261 e. The first-order valence-corrected chi connectivity index (χ1v) is 22.9. The van der Waals surface area contributed by atoms with Gasteiger partial charge in [0, 0.05) is 4.90 Å². The van der Waals surface area contributed by atoms with Gasteiger partial charge in [-0.2, -0.15) is 0 Å². The Balaban J connectivity index is 1.45. The maximum Gasteiger partial charge on any atom is 0.261 e. The van der Waals surface area contributed by atoms with Crippen LogP contribution in [0.2, 0.25) is 10.1 Å². The molecule has 0 radical (unpaired) electrons. The third kappa shape index (κ3) is 7.54. The van der Waals surface area contributed by atoms with Crippen molar-refractivity contribution in [1.82, 2.24) is 0 Å². The minimum absolute atomic E-state index is 0.119. The van der Waals surface area contributed by atoms with Gasteiger partial charge in [0.2, 0.25) is 0 Å². The number of aliphatic hydroxyl groups excluding tert-OH is 2. The molecule has 2 N–H and O–H groups in total. The molecule has 1 aliphatic heterocycles. The average Bonchev–Trinajstić information content (AvgIpc) is 3.14. The summed E-state index contributed by atoms with van der Waals surface area (Å²) in [6.07, 6.45) is -4.06. The van der Waals surface area contributed by atoms with Crippen LogP contribution in [-0.2, 0) is 13.6 Å². The second-order valence-corrected chi connectivity index (χ2v) is 25.4. The van der Waals surface area contributed by atoms with Crippen molar-refractivity contribution in [2.24, 2.45) is 0 Å². The van der Waals surface area contributed by atoms with Crippen molar-refractivity contribution in [3.63, 3.8) is 0 Å². The first-order chi connectivity index (χ1) is 24.9. The molecule has 1 aliphatic rings. The lowest BCUT2D eigenvalue weighted by Gasteiger charge is -2.51. The van der Waals surface area contributed by atoms with Crippen LogP contribution < -0.4 is 20.7 Å². The Hall–Kier alpha value is -3.32. The first-order valence-electron chi connectivity index (χ1n) is 18.2. The van der Waals surface area contributed by atoms with Crippen LogP contribution >= 0.6 is 11.8 Å². The monoisotopic (exact) mass is 748 g/mol. The van der Waals surface area contributed by atoms with E-state index in [2.05, 4.69) is 114 Å². The molecule has 0 bridgehead atoms. The third-order valence-electron chi connectivity index (χ3n) is 10.2. The van der Waals surface area contributed by atoms with Crippen LogP contribution in [0, 0.1) is 0 Å². The van der Waals surface area contributed by atoms with Crippen LogP contribution in [0.4, 0.5) is 0 Å². The molecule has 0 aliphatic carbocycles. The minimum atomic E-state index is -3.18. The largest absolute Gasteiger partial charge is 0.405 e. The number of hydrogen-bond acceptors (Lipinski definition) is 6. The first kappa shape index (κ1) is 38.4. The summed E-state index contributed by atoms with van der Waals surface area (Å²) < 4.78 is 21.6. The van der Waals surface area contributed by atoms with Crippen LogP contribution in [-0.4, -0.2) is 63.3 Å². The molecule has 0 saturated carbocycles. The van der Waals surface area contributed by atoms with Gasteiger partial charge in [-0.3, -0.25) is 0 Å². The molecule has 5 aromatic rings. The molecule has 0 aromatic heterocycles. The standard InChI is InChI=1S/C44H52O5SSi2/c1-43(2,3)51(34-24-14-8-15-25-34,35-26-16-9-17-27-35)47-32-38-39(45)41(40(46)42(48-38)50-33-22-12-7-13-23-33)49-52(44(4,5)6,36-28-18-10-19-29-36)37-30-20-11-21-31-37/h7-31,38-42,45-46H,32H2,1-6H3/t38-,39-,40-,41+,42+/m1/s1. The summed E-state index contributed by atoms with van der Waals surface area (Å²) in [5.41, 5.74) is -0.721. The summed E-state index contributed by atoms with van der Waals surface area (Å²) in [4.78, 5) is 0.957. The highest BCUT2D eigenvalue weighted by Crippen LogP contribution is 2.42. The van der Waals surface area contributed by atoms with Gasteiger partial charge in [0.1, 0.15) is 29.9 Å². The summed E-state index contributed by atoms with van der Waals surface area (Å²) in [5, 5.41) is 28.6. The van der Waals surface area contributed by atoms with Gasteiger partial charge in [0.15, 0.2) is 0 Å². The minimum Gasteiger partial charge on any atom is -0.405 e. The van der Waals surface area contributed by atoms with E-state index in [1.165, 1.54) is 11.8 Å². The van der Waals surface area contributed by atoms with Gasteiger partial charge >= 0.3 is 0 Å². The van der Waals surface area contributed by atoms with Crippen molar-refractivity contribution in [3.05, 3.63) is 152 Å². The second-order valence-electron chi connectivity index (χ2n) is 15.7. The van der Waals surface area contributed by atoms with E-state index in [4.69, 9.17) is 13.6 Å². The Morgan fingerprint density at radius 1 is 0.538 bits per heavy atom. The van der Waals surface area contributed by atoms with Gasteiger partial charge in [-0.1, -0.05) is 193 Å². The zero-order valence-corrected chi connectivity index (χ0v) is 33.9. The Morgan fingerprint density at radius 3 is 1.29 bits per heavy atom. The zero-order chi connectivity index (χ0) is 37.0. The SMILES string of the molecule is CC(C)(C)[Si](OC[C@H]1O[C@@H](Sc2ccccc2)[C@H](O)[C@@H](O[Si](c2ccccc2)(c2ccccc2)C(C)(C)C)[C@@H]1O)(c1ccccc1)c1ccccc1. The van der Waals surface area contributed by atoms with Gasteiger partial charge in [0.05, 0.1) is 6.61 Å². The molecule has 8 heteroatoms. The van der Waals surface area contributed by atoms with Crippen molar-refractivity contribution in [1.29, 1.82) is 0 Å². The number of benzene rings is 5. The Bertz CT molecular complexity index is 1760. The highest BCUT2D eigenvalue weighted by molar-refractivity contribution is 7.99. The highest BCUT2D eigenvalue weighted by atomic mass is 32.2. The Labute approximate surface area is 316 Å². The molecular weight excluding hydrogens is 697 g/mol. The van der Waals surface area contributed by atoms with Gasteiger partial charge in [-0.15, -0.1) is 0 Å². The lowest BCUT2D eigenvalue weighted by atomic mass is 10.0. The molecule has 1 fully saturated rings. The predicted molar refractivity (Wildman–Crippen MR) is 219 cm³/mol. The van der Waals surface area contributed by atoms with Gasteiger partial charge in [-0.25, -0.2) is 0 Å². The molecule has 1 heterocycles. The molecule has 272 valence electrons. The molecular formula is C44H52O5SSi2. The molecule has 6 rings (SSSR count). The summed E-state index contributed by atoms with van der Waals surface area (Å²) in [6.45, 7) is 13.5. The lowest BCUT2D eigenvalue weighted by Crippen LogP contribution is -2.72. The van der Waals surface area contributed by atoms with Crippen molar-refractivity contribution < 1.29 is 23.8 Å². The van der Waals surface area contributed by atoms with Crippen LogP contribution in [0.5, 0.6) is 0 Å². The molecule has 0 amide bonds. The maximum absolute atomic E-state index is 12.5. The van der Waals surface area contributed by atoms with Crippen LogP contribution in [0.25, 0.3) is 0 Å². The molecule has 5 aromatic carbocycles. The van der Waals surface area contributed by atoms with E-state index in [0.717, 1.165) is 25.6 Å². The number of aliphatic hydroxyl groups is 2. The predicted octanol–water partition coefficient (Wildman–Crippen LogP) is 6.75. The highest BCUT2D eigenvalue weighted by Gasteiger charge is 2.57. The summed E-state index contributed by atoms with van der Waals surface area (Å²) in [6, 6.07) is 51.6. The van der Waals surface area contributed by atoms with Crippen LogP contribution in [0.1, 0.15) is 41.5 Å². The second kappa shape index (κ2) is 16.0. The van der Waals surface area contributed by atoms with Crippen LogP contribution in [0.3, 0.4) is 0 Å². The van der Waals surface area contributed by atoms with E-state index >= 15 is 0 Å². The van der Waals surface area contributed by atoms with Crippen molar-refractivity contribution in [2.45, 2.75) is 86.4 Å². The summed E-state index contributed by atoms with van der Waals surface area (Å²) in [5.74, 6) is 0. The fourth-order valence-electron chi connectivity index (χ4n) is 7.77. The van der Waals surface area contributed by atoms with Gasteiger partial charge < -0.3 is 23.8 Å². The molecule has 1 saturated heterocycles. The molecule has 5 atom stereocenters. The fourth-order valence-corrected chi connectivity index (χ4v) is 18.1. The Kier molecular flexibility index (Phi) is 11.8. The number of rotatable bonds is 11. The quantitative estimate of drug-likeness (QED) is 0.146. The third-order valence-corrected chi connectivity index (χ3v) is 21.5. The molecule has 0 unspecified atom stereocenters.